The summed E-state index contributed by atoms with van der Waals surface area (Å²) in [6.45, 7) is 0.638. The van der Waals surface area contributed by atoms with E-state index in [0.29, 0.717) is 13.2 Å². The molecule has 0 bridgehead atoms. The maximum absolute atomic E-state index is 13.8. The molecule has 1 aliphatic heterocycles. The lowest BCUT2D eigenvalue weighted by molar-refractivity contribution is 0.0442. The molecular formula is C12H12BrF2NO2. The van der Waals surface area contributed by atoms with Crippen molar-refractivity contribution in [3.05, 3.63) is 33.8 Å². The van der Waals surface area contributed by atoms with E-state index >= 15 is 0 Å². The van der Waals surface area contributed by atoms with Crippen LogP contribution in [0.15, 0.2) is 16.6 Å². The van der Waals surface area contributed by atoms with Crippen molar-refractivity contribution in [1.82, 2.24) is 0 Å². The van der Waals surface area contributed by atoms with E-state index in [9.17, 15) is 13.6 Å². The highest BCUT2D eigenvalue weighted by molar-refractivity contribution is 9.10. The van der Waals surface area contributed by atoms with Crippen molar-refractivity contribution in [2.75, 3.05) is 13.2 Å². The molecule has 3 nitrogen and oxygen atoms in total. The lowest BCUT2D eigenvalue weighted by atomic mass is 9.83. The van der Waals surface area contributed by atoms with Gasteiger partial charge < -0.3 is 10.5 Å². The van der Waals surface area contributed by atoms with Crippen LogP contribution in [-0.2, 0) is 4.74 Å². The fraction of sp³-hybridized carbons (Fsp3) is 0.417. The molecule has 0 atom stereocenters. The van der Waals surface area contributed by atoms with Gasteiger partial charge in [0.25, 0.3) is 0 Å². The minimum atomic E-state index is -1.25. The maximum Gasteiger partial charge on any atom is 0.188 e. The van der Waals surface area contributed by atoms with Crippen molar-refractivity contribution < 1.29 is 18.3 Å². The largest absolute Gasteiger partial charge is 0.381 e. The summed E-state index contributed by atoms with van der Waals surface area (Å²) >= 11 is 2.93. The van der Waals surface area contributed by atoms with E-state index in [0.717, 1.165) is 6.07 Å². The van der Waals surface area contributed by atoms with Crippen LogP contribution in [0.4, 0.5) is 8.78 Å². The number of carbonyl (C=O) groups is 1. The molecule has 0 unspecified atom stereocenters. The number of halogens is 3. The van der Waals surface area contributed by atoms with Crippen molar-refractivity contribution in [2.45, 2.75) is 18.4 Å². The highest BCUT2D eigenvalue weighted by Gasteiger charge is 2.39. The van der Waals surface area contributed by atoms with E-state index < -0.39 is 28.5 Å². The van der Waals surface area contributed by atoms with Crippen molar-refractivity contribution in [3.63, 3.8) is 0 Å². The van der Waals surface area contributed by atoms with E-state index in [-0.39, 0.29) is 17.3 Å². The first kappa shape index (κ1) is 13.6. The highest BCUT2D eigenvalue weighted by Crippen LogP contribution is 2.28. The van der Waals surface area contributed by atoms with Crippen molar-refractivity contribution in [3.8, 4) is 0 Å². The first-order valence-electron chi connectivity index (χ1n) is 5.50. The summed E-state index contributed by atoms with van der Waals surface area (Å²) in [6.07, 6.45) is 0.522. The molecule has 0 saturated carbocycles. The highest BCUT2D eigenvalue weighted by atomic mass is 79.9. The van der Waals surface area contributed by atoms with Gasteiger partial charge in [-0.05, 0) is 40.9 Å². The van der Waals surface area contributed by atoms with E-state index in [1.165, 1.54) is 6.07 Å². The lowest BCUT2D eigenvalue weighted by Crippen LogP contribution is -2.52. The fourth-order valence-corrected chi connectivity index (χ4v) is 2.28. The molecule has 1 fully saturated rings. The Hall–Kier alpha value is -0.850. The van der Waals surface area contributed by atoms with Crippen molar-refractivity contribution in [1.29, 1.82) is 0 Å². The van der Waals surface area contributed by atoms with Crippen LogP contribution >= 0.6 is 15.9 Å². The van der Waals surface area contributed by atoms with E-state index in [2.05, 4.69) is 15.9 Å². The zero-order valence-electron chi connectivity index (χ0n) is 9.51. The summed E-state index contributed by atoms with van der Waals surface area (Å²) in [4.78, 5) is 12.2. The molecule has 1 saturated heterocycles. The van der Waals surface area contributed by atoms with Gasteiger partial charge in [-0.3, -0.25) is 4.79 Å². The molecule has 2 N–H and O–H groups in total. The smallest absolute Gasteiger partial charge is 0.188 e. The molecule has 1 heterocycles. The van der Waals surface area contributed by atoms with Crippen molar-refractivity contribution in [2.24, 2.45) is 5.73 Å². The quantitative estimate of drug-likeness (QED) is 0.672. The lowest BCUT2D eigenvalue weighted by Gasteiger charge is -2.32. The molecule has 1 aromatic rings. The molecule has 0 spiro atoms. The summed E-state index contributed by atoms with van der Waals surface area (Å²) in [5, 5.41) is 0. The normalized spacial score (nSPS) is 18.7. The van der Waals surface area contributed by atoms with Gasteiger partial charge in [0.05, 0.1) is 15.6 Å². The Kier molecular flexibility index (Phi) is 3.79. The predicted octanol–water partition coefficient (Wildman–Crippen LogP) is 2.42. The molecule has 0 radical (unpaired) electrons. The first-order chi connectivity index (χ1) is 8.46. The number of nitrogens with two attached hydrogens (primary N) is 1. The number of ether oxygens (including phenoxy) is 1. The van der Waals surface area contributed by atoms with Crippen LogP contribution in [0.5, 0.6) is 0 Å². The molecule has 0 aliphatic carbocycles. The third kappa shape index (κ3) is 2.32. The van der Waals surface area contributed by atoms with Crippen LogP contribution in [0.2, 0.25) is 0 Å². The number of benzene rings is 1. The second-order valence-corrected chi connectivity index (χ2v) is 5.17. The Morgan fingerprint density at radius 3 is 2.56 bits per heavy atom. The van der Waals surface area contributed by atoms with Crippen molar-refractivity contribution >= 4 is 21.7 Å². The molecule has 18 heavy (non-hydrogen) atoms. The van der Waals surface area contributed by atoms with Gasteiger partial charge in [-0.1, -0.05) is 0 Å². The zero-order chi connectivity index (χ0) is 13.3. The minimum absolute atomic E-state index is 0.0444. The van der Waals surface area contributed by atoms with Gasteiger partial charge in [0.1, 0.15) is 5.82 Å². The number of hydrogen-bond donors (Lipinski definition) is 1. The molecule has 2 rings (SSSR count). The first-order valence-corrected chi connectivity index (χ1v) is 6.30. The Morgan fingerprint density at radius 2 is 1.94 bits per heavy atom. The Morgan fingerprint density at radius 1 is 1.33 bits per heavy atom. The standard InChI is InChI=1S/C12H12BrF2NO2/c13-7-1-2-8(14)9(10(7)15)11(17)12(16)3-5-18-6-4-12/h1-2H,3-6,16H2. The number of rotatable bonds is 2. The topological polar surface area (TPSA) is 52.3 Å². The molecule has 0 aromatic heterocycles. The molecule has 6 heteroatoms. The number of carbonyl (C=O) groups excluding carboxylic acids is 1. The Labute approximate surface area is 111 Å². The van der Waals surface area contributed by atoms with Crippen LogP contribution < -0.4 is 5.73 Å². The summed E-state index contributed by atoms with van der Waals surface area (Å²) < 4.78 is 32.6. The summed E-state index contributed by atoms with van der Waals surface area (Å²) in [5.74, 6) is -2.50. The average molecular weight is 320 g/mol. The fourth-order valence-electron chi connectivity index (χ4n) is 1.95. The third-order valence-corrected chi connectivity index (χ3v) is 3.72. The van der Waals surface area contributed by atoms with Gasteiger partial charge >= 0.3 is 0 Å². The molecule has 1 aromatic carbocycles. The Balaban J connectivity index is 2.42. The zero-order valence-corrected chi connectivity index (χ0v) is 11.1. The number of ketones is 1. The minimum Gasteiger partial charge on any atom is -0.381 e. The van der Waals surface area contributed by atoms with Gasteiger partial charge in [-0.15, -0.1) is 0 Å². The molecular weight excluding hydrogens is 308 g/mol. The average Bonchev–Trinajstić information content (AvgIpc) is 2.35. The van der Waals surface area contributed by atoms with Crippen LogP contribution in [0.25, 0.3) is 0 Å². The maximum atomic E-state index is 13.8. The van der Waals surface area contributed by atoms with E-state index in [4.69, 9.17) is 10.5 Å². The SMILES string of the molecule is NC1(C(=O)c2c(F)ccc(Br)c2F)CCOCC1. The van der Waals surface area contributed by atoms with Gasteiger partial charge in [0, 0.05) is 13.2 Å². The van der Waals surface area contributed by atoms with Crippen LogP contribution in [0, 0.1) is 11.6 Å². The van der Waals surface area contributed by atoms with Crippen LogP contribution in [-0.4, -0.2) is 24.5 Å². The van der Waals surface area contributed by atoms with E-state index in [1.54, 1.807) is 0 Å². The van der Waals surface area contributed by atoms with Crippen LogP contribution in [0.1, 0.15) is 23.2 Å². The second-order valence-electron chi connectivity index (χ2n) is 4.32. The number of hydrogen-bond acceptors (Lipinski definition) is 3. The van der Waals surface area contributed by atoms with Gasteiger partial charge in [0.15, 0.2) is 11.6 Å². The number of Topliss-reactive ketones (excluding diaryl/α,β-unsaturated/α-hetero) is 1. The predicted molar refractivity (Wildman–Crippen MR) is 65.4 cm³/mol. The molecule has 0 amide bonds. The summed E-state index contributed by atoms with van der Waals surface area (Å²) in [6, 6.07) is 2.26. The van der Waals surface area contributed by atoms with Gasteiger partial charge in [0.2, 0.25) is 0 Å². The molecule has 1 aliphatic rings. The van der Waals surface area contributed by atoms with Gasteiger partial charge in [-0.25, -0.2) is 8.78 Å². The molecule has 98 valence electrons. The van der Waals surface area contributed by atoms with E-state index in [1.807, 2.05) is 0 Å². The van der Waals surface area contributed by atoms with Crippen LogP contribution in [0.3, 0.4) is 0 Å². The summed E-state index contributed by atoms with van der Waals surface area (Å²) in [5.41, 5.74) is 4.12. The van der Waals surface area contributed by atoms with Gasteiger partial charge in [-0.2, -0.15) is 0 Å². The Bertz CT molecular complexity index is 487. The third-order valence-electron chi connectivity index (χ3n) is 3.11. The second kappa shape index (κ2) is 5.03. The summed E-state index contributed by atoms with van der Waals surface area (Å²) in [7, 11) is 0. The monoisotopic (exact) mass is 319 g/mol.